The van der Waals surface area contributed by atoms with Gasteiger partial charge in [-0.1, -0.05) is 69.3 Å². The van der Waals surface area contributed by atoms with E-state index in [0.29, 0.717) is 5.92 Å². The van der Waals surface area contributed by atoms with Gasteiger partial charge in [0.05, 0.1) is 6.10 Å². The predicted molar refractivity (Wildman–Crippen MR) is 71.9 cm³/mol. The molecular formula is C16H20O. The molecule has 1 aromatic carbocycles. The molecule has 90 valence electrons. The first kappa shape index (κ1) is 12.1. The topological polar surface area (TPSA) is 20.2 Å². The van der Waals surface area contributed by atoms with Crippen LogP contribution in [0.5, 0.6) is 0 Å². The normalized spacial score (nSPS) is 17.6. The summed E-state index contributed by atoms with van der Waals surface area (Å²) < 4.78 is 0. The lowest BCUT2D eigenvalue weighted by atomic mass is 9.81. The van der Waals surface area contributed by atoms with E-state index in [0.717, 1.165) is 5.56 Å². The summed E-state index contributed by atoms with van der Waals surface area (Å²) in [4.78, 5) is 0. The summed E-state index contributed by atoms with van der Waals surface area (Å²) in [5.41, 5.74) is 2.11. The standard InChI is InChI=1S/C16H20O/c1-16(2,3)15(17)14-11-7-6-10-13(14)12-8-4-5-9-12/h4-12,15,17H,1-3H3. The molecule has 17 heavy (non-hydrogen) atoms. The second kappa shape index (κ2) is 4.50. The molecule has 0 spiro atoms. The predicted octanol–water partition coefficient (Wildman–Crippen LogP) is 3.98. The van der Waals surface area contributed by atoms with Gasteiger partial charge in [0.1, 0.15) is 0 Å². The molecule has 0 aliphatic heterocycles. The fourth-order valence-corrected chi connectivity index (χ4v) is 2.17. The highest BCUT2D eigenvalue weighted by atomic mass is 16.3. The van der Waals surface area contributed by atoms with E-state index in [9.17, 15) is 5.11 Å². The lowest BCUT2D eigenvalue weighted by molar-refractivity contribution is 0.0619. The van der Waals surface area contributed by atoms with E-state index < -0.39 is 6.10 Å². The van der Waals surface area contributed by atoms with Crippen molar-refractivity contribution >= 4 is 0 Å². The Kier molecular flexibility index (Phi) is 3.21. The van der Waals surface area contributed by atoms with Crippen molar-refractivity contribution in [2.24, 2.45) is 5.41 Å². The van der Waals surface area contributed by atoms with E-state index in [1.807, 2.05) is 18.2 Å². The molecule has 1 aliphatic rings. The summed E-state index contributed by atoms with van der Waals surface area (Å²) in [6.45, 7) is 6.19. The van der Waals surface area contributed by atoms with Gasteiger partial charge in [-0.25, -0.2) is 0 Å². The summed E-state index contributed by atoms with van der Waals surface area (Å²) in [5, 5.41) is 10.5. The number of allylic oxidation sites excluding steroid dienone is 4. The maximum atomic E-state index is 10.5. The van der Waals surface area contributed by atoms with Crippen molar-refractivity contribution in [1.29, 1.82) is 0 Å². The van der Waals surface area contributed by atoms with Crippen molar-refractivity contribution in [3.05, 3.63) is 59.7 Å². The van der Waals surface area contributed by atoms with Gasteiger partial charge in [-0.15, -0.1) is 0 Å². The average Bonchev–Trinajstić information content (AvgIpc) is 2.80. The molecule has 0 saturated heterocycles. The molecule has 1 heteroatoms. The molecule has 1 aromatic rings. The fraction of sp³-hybridized carbons (Fsp3) is 0.375. The van der Waals surface area contributed by atoms with Crippen LogP contribution in [-0.2, 0) is 0 Å². The van der Waals surface area contributed by atoms with E-state index in [2.05, 4.69) is 51.1 Å². The lowest BCUT2D eigenvalue weighted by Crippen LogP contribution is -2.19. The molecule has 1 unspecified atom stereocenters. The van der Waals surface area contributed by atoms with Crippen molar-refractivity contribution in [3.8, 4) is 0 Å². The molecule has 1 nitrogen and oxygen atoms in total. The molecule has 0 amide bonds. The minimum Gasteiger partial charge on any atom is -0.388 e. The van der Waals surface area contributed by atoms with E-state index in [1.165, 1.54) is 5.56 Å². The Morgan fingerprint density at radius 2 is 1.65 bits per heavy atom. The van der Waals surface area contributed by atoms with Crippen molar-refractivity contribution in [1.82, 2.24) is 0 Å². The van der Waals surface area contributed by atoms with Crippen LogP contribution in [0, 0.1) is 5.41 Å². The van der Waals surface area contributed by atoms with Crippen molar-refractivity contribution in [2.45, 2.75) is 32.8 Å². The largest absolute Gasteiger partial charge is 0.388 e. The van der Waals surface area contributed by atoms with E-state index >= 15 is 0 Å². The van der Waals surface area contributed by atoms with Gasteiger partial charge in [-0.2, -0.15) is 0 Å². The molecule has 0 bridgehead atoms. The minimum atomic E-state index is -0.430. The Balaban J connectivity index is 2.40. The van der Waals surface area contributed by atoms with Crippen molar-refractivity contribution in [2.75, 3.05) is 0 Å². The summed E-state index contributed by atoms with van der Waals surface area (Å²) >= 11 is 0. The Morgan fingerprint density at radius 1 is 1.06 bits per heavy atom. The zero-order valence-electron chi connectivity index (χ0n) is 10.7. The molecular weight excluding hydrogens is 208 g/mol. The zero-order valence-corrected chi connectivity index (χ0v) is 10.7. The first-order valence-corrected chi connectivity index (χ1v) is 6.12. The average molecular weight is 228 g/mol. The molecule has 0 saturated carbocycles. The highest BCUT2D eigenvalue weighted by Crippen LogP contribution is 2.37. The number of hydrogen-bond donors (Lipinski definition) is 1. The van der Waals surface area contributed by atoms with Gasteiger partial charge >= 0.3 is 0 Å². The van der Waals surface area contributed by atoms with Crippen LogP contribution in [-0.4, -0.2) is 5.11 Å². The Morgan fingerprint density at radius 3 is 2.24 bits per heavy atom. The number of rotatable bonds is 2. The number of aliphatic hydroxyl groups is 1. The monoisotopic (exact) mass is 228 g/mol. The SMILES string of the molecule is CC(C)(C)C(O)c1ccccc1C1C=CC=C1. The summed E-state index contributed by atoms with van der Waals surface area (Å²) in [6.07, 6.45) is 8.01. The second-order valence-electron chi connectivity index (χ2n) is 5.69. The third kappa shape index (κ3) is 2.50. The van der Waals surface area contributed by atoms with Crippen LogP contribution < -0.4 is 0 Å². The van der Waals surface area contributed by atoms with Crippen LogP contribution in [0.25, 0.3) is 0 Å². The number of aliphatic hydroxyl groups excluding tert-OH is 1. The molecule has 1 aliphatic carbocycles. The van der Waals surface area contributed by atoms with Crippen LogP contribution in [0.2, 0.25) is 0 Å². The van der Waals surface area contributed by atoms with Gasteiger partial charge in [-0.3, -0.25) is 0 Å². The van der Waals surface area contributed by atoms with Crippen molar-refractivity contribution in [3.63, 3.8) is 0 Å². The number of hydrogen-bond acceptors (Lipinski definition) is 1. The maximum Gasteiger partial charge on any atom is 0.0841 e. The molecule has 1 N–H and O–H groups in total. The molecule has 2 rings (SSSR count). The fourth-order valence-electron chi connectivity index (χ4n) is 2.17. The van der Waals surface area contributed by atoms with Crippen LogP contribution in [0.15, 0.2) is 48.6 Å². The van der Waals surface area contributed by atoms with Crippen LogP contribution in [0.4, 0.5) is 0 Å². The van der Waals surface area contributed by atoms with E-state index in [-0.39, 0.29) is 5.41 Å². The first-order valence-electron chi connectivity index (χ1n) is 6.12. The van der Waals surface area contributed by atoms with Crippen LogP contribution >= 0.6 is 0 Å². The van der Waals surface area contributed by atoms with Gasteiger partial charge < -0.3 is 5.11 Å². The van der Waals surface area contributed by atoms with Crippen LogP contribution in [0.1, 0.15) is 43.9 Å². The smallest absolute Gasteiger partial charge is 0.0841 e. The Labute approximate surface area is 103 Å². The second-order valence-corrected chi connectivity index (χ2v) is 5.69. The quantitative estimate of drug-likeness (QED) is 0.812. The number of benzene rings is 1. The van der Waals surface area contributed by atoms with Crippen molar-refractivity contribution < 1.29 is 5.11 Å². The molecule has 1 atom stereocenters. The Hall–Kier alpha value is -1.34. The third-order valence-corrected chi connectivity index (χ3v) is 3.22. The maximum absolute atomic E-state index is 10.5. The highest BCUT2D eigenvalue weighted by Gasteiger charge is 2.27. The first-order chi connectivity index (χ1) is 8.00. The molecule has 0 aromatic heterocycles. The van der Waals surface area contributed by atoms with E-state index in [4.69, 9.17) is 0 Å². The van der Waals surface area contributed by atoms with Gasteiger partial charge in [0, 0.05) is 5.92 Å². The lowest BCUT2D eigenvalue weighted by Gasteiger charge is -2.28. The molecule has 0 fully saturated rings. The zero-order chi connectivity index (χ0) is 12.5. The van der Waals surface area contributed by atoms with Gasteiger partial charge in [0.15, 0.2) is 0 Å². The highest BCUT2D eigenvalue weighted by molar-refractivity contribution is 5.41. The summed E-state index contributed by atoms with van der Waals surface area (Å²) in [7, 11) is 0. The minimum absolute atomic E-state index is 0.137. The van der Waals surface area contributed by atoms with Crippen LogP contribution in [0.3, 0.4) is 0 Å². The molecule has 0 heterocycles. The molecule has 0 radical (unpaired) electrons. The Bertz CT molecular complexity index is 437. The van der Waals surface area contributed by atoms with Gasteiger partial charge in [-0.05, 0) is 16.5 Å². The third-order valence-electron chi connectivity index (χ3n) is 3.22. The van der Waals surface area contributed by atoms with Gasteiger partial charge in [0.25, 0.3) is 0 Å². The summed E-state index contributed by atoms with van der Waals surface area (Å²) in [6, 6.07) is 8.17. The van der Waals surface area contributed by atoms with Gasteiger partial charge in [0.2, 0.25) is 0 Å². The summed E-state index contributed by atoms with van der Waals surface area (Å²) in [5.74, 6) is 0.309. The van der Waals surface area contributed by atoms with E-state index in [1.54, 1.807) is 0 Å².